The molecule has 1 aromatic rings. The van der Waals surface area contributed by atoms with Crippen LogP contribution >= 0.6 is 0 Å². The number of piperidine rings is 1. The van der Waals surface area contributed by atoms with E-state index in [1.807, 2.05) is 0 Å². The zero-order valence-electron chi connectivity index (χ0n) is 12.0. The highest BCUT2D eigenvalue weighted by Crippen LogP contribution is 2.31. The molecule has 0 aliphatic carbocycles. The summed E-state index contributed by atoms with van der Waals surface area (Å²) in [5.41, 5.74) is 6.53. The average molecular weight is 278 g/mol. The number of nitrogen functional groups attached to an aromatic ring is 1. The number of aromatic carboxylic acids is 1. The molecular formula is C14H22N4O2. The second-order valence-electron chi connectivity index (χ2n) is 5.91. The molecule has 0 radical (unpaired) electrons. The van der Waals surface area contributed by atoms with Crippen molar-refractivity contribution in [2.45, 2.75) is 19.8 Å². The largest absolute Gasteiger partial charge is 0.477 e. The van der Waals surface area contributed by atoms with Crippen LogP contribution in [0.15, 0.2) is 12.1 Å². The number of anilines is 2. The van der Waals surface area contributed by atoms with Gasteiger partial charge in [-0.2, -0.15) is 0 Å². The van der Waals surface area contributed by atoms with Crippen LogP contribution in [0.25, 0.3) is 0 Å². The molecule has 1 aliphatic rings. The van der Waals surface area contributed by atoms with Gasteiger partial charge in [-0.3, -0.25) is 0 Å². The SMILES string of the molecule is CN1CCC(C)(CNc2nc(C(=O)O)ccc2N)CC1. The van der Waals surface area contributed by atoms with Crippen LogP contribution < -0.4 is 11.1 Å². The first-order valence-corrected chi connectivity index (χ1v) is 6.82. The lowest BCUT2D eigenvalue weighted by molar-refractivity contribution is 0.0690. The molecule has 0 amide bonds. The lowest BCUT2D eigenvalue weighted by Gasteiger charge is -2.38. The van der Waals surface area contributed by atoms with Gasteiger partial charge in [-0.1, -0.05) is 6.92 Å². The van der Waals surface area contributed by atoms with Crippen LogP contribution in [0.1, 0.15) is 30.3 Å². The Morgan fingerprint density at radius 1 is 1.50 bits per heavy atom. The maximum absolute atomic E-state index is 10.9. The fraction of sp³-hybridized carbons (Fsp3) is 0.571. The summed E-state index contributed by atoms with van der Waals surface area (Å²) in [6.45, 7) is 5.15. The number of hydrogen-bond acceptors (Lipinski definition) is 5. The quantitative estimate of drug-likeness (QED) is 0.773. The number of carboxylic acid groups (broad SMARTS) is 1. The Morgan fingerprint density at radius 2 is 2.15 bits per heavy atom. The molecule has 6 nitrogen and oxygen atoms in total. The number of nitrogens with zero attached hydrogens (tertiary/aromatic N) is 2. The second-order valence-corrected chi connectivity index (χ2v) is 5.91. The highest BCUT2D eigenvalue weighted by molar-refractivity contribution is 5.86. The summed E-state index contributed by atoms with van der Waals surface area (Å²) >= 11 is 0. The molecule has 1 aromatic heterocycles. The molecule has 1 aliphatic heterocycles. The van der Waals surface area contributed by atoms with E-state index in [4.69, 9.17) is 10.8 Å². The minimum atomic E-state index is -1.04. The van der Waals surface area contributed by atoms with Crippen molar-refractivity contribution in [2.75, 3.05) is 37.7 Å². The van der Waals surface area contributed by atoms with Crippen molar-refractivity contribution in [3.05, 3.63) is 17.8 Å². The van der Waals surface area contributed by atoms with Crippen molar-refractivity contribution in [1.29, 1.82) is 0 Å². The number of hydrogen-bond donors (Lipinski definition) is 3. The Kier molecular flexibility index (Phi) is 4.13. The molecule has 1 saturated heterocycles. The minimum absolute atomic E-state index is 0.00947. The van der Waals surface area contributed by atoms with Gasteiger partial charge >= 0.3 is 5.97 Å². The summed E-state index contributed by atoms with van der Waals surface area (Å²) in [7, 11) is 2.13. The van der Waals surface area contributed by atoms with Crippen molar-refractivity contribution in [3.63, 3.8) is 0 Å². The van der Waals surface area contributed by atoms with Gasteiger partial charge in [0.2, 0.25) is 0 Å². The molecule has 4 N–H and O–H groups in total. The number of carboxylic acids is 1. The van der Waals surface area contributed by atoms with Crippen LogP contribution in [0.2, 0.25) is 0 Å². The minimum Gasteiger partial charge on any atom is -0.477 e. The van der Waals surface area contributed by atoms with E-state index in [9.17, 15) is 4.79 Å². The van der Waals surface area contributed by atoms with E-state index in [-0.39, 0.29) is 11.1 Å². The first-order chi connectivity index (χ1) is 9.39. The van der Waals surface area contributed by atoms with Gasteiger partial charge in [-0.05, 0) is 50.5 Å². The summed E-state index contributed by atoms with van der Waals surface area (Å²) < 4.78 is 0. The maximum Gasteiger partial charge on any atom is 0.354 e. The fourth-order valence-electron chi connectivity index (χ4n) is 2.36. The number of aromatic nitrogens is 1. The van der Waals surface area contributed by atoms with Crippen LogP contribution in [-0.4, -0.2) is 47.6 Å². The number of pyridine rings is 1. The van der Waals surface area contributed by atoms with Crippen molar-refractivity contribution >= 4 is 17.5 Å². The molecule has 110 valence electrons. The maximum atomic E-state index is 10.9. The smallest absolute Gasteiger partial charge is 0.354 e. The van der Waals surface area contributed by atoms with E-state index in [1.54, 1.807) is 6.07 Å². The molecule has 20 heavy (non-hydrogen) atoms. The Labute approximate surface area is 119 Å². The van der Waals surface area contributed by atoms with Gasteiger partial charge in [0.15, 0.2) is 5.69 Å². The van der Waals surface area contributed by atoms with Crippen molar-refractivity contribution in [3.8, 4) is 0 Å². The van der Waals surface area contributed by atoms with Crippen molar-refractivity contribution < 1.29 is 9.90 Å². The van der Waals surface area contributed by atoms with E-state index >= 15 is 0 Å². The van der Waals surface area contributed by atoms with Crippen LogP contribution in [0, 0.1) is 5.41 Å². The molecule has 1 fully saturated rings. The zero-order chi connectivity index (χ0) is 14.8. The highest BCUT2D eigenvalue weighted by Gasteiger charge is 2.28. The van der Waals surface area contributed by atoms with Gasteiger partial charge < -0.3 is 21.1 Å². The first kappa shape index (κ1) is 14.6. The first-order valence-electron chi connectivity index (χ1n) is 6.82. The normalized spacial score (nSPS) is 18.7. The van der Waals surface area contributed by atoms with Crippen LogP contribution in [-0.2, 0) is 0 Å². The second kappa shape index (κ2) is 5.66. The molecule has 0 saturated carbocycles. The molecule has 0 atom stereocenters. The van der Waals surface area contributed by atoms with E-state index in [2.05, 4.69) is 29.2 Å². The summed E-state index contributed by atoms with van der Waals surface area (Å²) in [6.07, 6.45) is 2.21. The van der Waals surface area contributed by atoms with Crippen molar-refractivity contribution in [2.24, 2.45) is 5.41 Å². The number of nitrogens with two attached hydrogens (primary N) is 1. The Hall–Kier alpha value is -1.82. The topological polar surface area (TPSA) is 91.5 Å². The van der Waals surface area contributed by atoms with Gasteiger partial charge in [0.25, 0.3) is 0 Å². The third-order valence-electron chi connectivity index (χ3n) is 4.02. The molecule has 2 heterocycles. The fourth-order valence-corrected chi connectivity index (χ4v) is 2.36. The van der Waals surface area contributed by atoms with E-state index in [1.165, 1.54) is 6.07 Å². The van der Waals surface area contributed by atoms with Gasteiger partial charge in [-0.25, -0.2) is 9.78 Å². The zero-order valence-corrected chi connectivity index (χ0v) is 12.0. The number of likely N-dealkylation sites (tertiary alicyclic amines) is 1. The van der Waals surface area contributed by atoms with Gasteiger partial charge in [0, 0.05) is 6.54 Å². The predicted molar refractivity (Wildman–Crippen MR) is 78.9 cm³/mol. The average Bonchev–Trinajstić information content (AvgIpc) is 2.41. The Balaban J connectivity index is 2.03. The highest BCUT2D eigenvalue weighted by atomic mass is 16.4. The standard InChI is InChI=1S/C14H22N4O2/c1-14(5-7-18(2)8-6-14)9-16-12-10(15)3-4-11(17-12)13(19)20/h3-4H,5-9,15H2,1-2H3,(H,16,17)(H,19,20). The van der Waals surface area contributed by atoms with Crippen LogP contribution in [0.5, 0.6) is 0 Å². The number of rotatable bonds is 4. The van der Waals surface area contributed by atoms with E-state index < -0.39 is 5.97 Å². The Bertz CT molecular complexity index is 496. The van der Waals surface area contributed by atoms with Crippen LogP contribution in [0.3, 0.4) is 0 Å². The van der Waals surface area contributed by atoms with E-state index in [0.29, 0.717) is 11.5 Å². The predicted octanol–water partition coefficient (Wildman–Crippen LogP) is 1.51. The number of carbonyl (C=O) groups is 1. The molecule has 0 unspecified atom stereocenters. The lowest BCUT2D eigenvalue weighted by atomic mass is 9.80. The summed E-state index contributed by atoms with van der Waals surface area (Å²) in [5.74, 6) is -0.580. The molecule has 0 bridgehead atoms. The monoisotopic (exact) mass is 278 g/mol. The van der Waals surface area contributed by atoms with Crippen LogP contribution in [0.4, 0.5) is 11.5 Å². The third kappa shape index (κ3) is 3.39. The summed E-state index contributed by atoms with van der Waals surface area (Å²) in [5, 5.41) is 12.2. The molecule has 2 rings (SSSR count). The van der Waals surface area contributed by atoms with Gasteiger partial charge in [0.05, 0.1) is 5.69 Å². The van der Waals surface area contributed by atoms with E-state index in [0.717, 1.165) is 32.5 Å². The molecule has 0 spiro atoms. The number of nitrogens with one attached hydrogen (secondary N) is 1. The van der Waals surface area contributed by atoms with Gasteiger partial charge in [0.1, 0.15) is 5.82 Å². The summed E-state index contributed by atoms with van der Waals surface area (Å²) in [6, 6.07) is 3.00. The lowest BCUT2D eigenvalue weighted by Crippen LogP contribution is -2.40. The molecule has 0 aromatic carbocycles. The van der Waals surface area contributed by atoms with Gasteiger partial charge in [-0.15, -0.1) is 0 Å². The van der Waals surface area contributed by atoms with Crippen molar-refractivity contribution in [1.82, 2.24) is 9.88 Å². The molecular weight excluding hydrogens is 256 g/mol. The third-order valence-corrected chi connectivity index (χ3v) is 4.02. The summed E-state index contributed by atoms with van der Waals surface area (Å²) in [4.78, 5) is 17.3. The Morgan fingerprint density at radius 3 is 2.75 bits per heavy atom. The molecule has 6 heteroatoms.